The number of amides is 1. The molecule has 0 spiro atoms. The van der Waals surface area contributed by atoms with E-state index in [1.54, 1.807) is 12.1 Å². The van der Waals surface area contributed by atoms with Crippen molar-refractivity contribution >= 4 is 11.6 Å². The molecule has 1 aliphatic heterocycles. The summed E-state index contributed by atoms with van der Waals surface area (Å²) in [5, 5.41) is 5.88. The number of ether oxygens (including phenoxy) is 1. The third kappa shape index (κ3) is 3.89. The van der Waals surface area contributed by atoms with Crippen LogP contribution in [0.15, 0.2) is 42.6 Å². The second-order valence-electron chi connectivity index (χ2n) is 5.70. The fraction of sp³-hybridized carbons (Fsp3) is 0.333. The normalized spacial score (nSPS) is 19.4. The van der Waals surface area contributed by atoms with Gasteiger partial charge in [-0.3, -0.25) is 4.79 Å². The number of nitrogens with zero attached hydrogens (tertiary/aromatic N) is 1. The predicted molar refractivity (Wildman–Crippen MR) is 90.2 cm³/mol. The minimum atomic E-state index is -0.767. The van der Waals surface area contributed by atoms with Crippen molar-refractivity contribution < 1.29 is 13.9 Å². The van der Waals surface area contributed by atoms with E-state index in [0.717, 1.165) is 5.56 Å². The number of hydrogen-bond acceptors (Lipinski definition) is 4. The first-order valence-corrected chi connectivity index (χ1v) is 8.02. The molecule has 1 aromatic heterocycles. The highest BCUT2D eigenvalue weighted by molar-refractivity contribution is 6.04. The van der Waals surface area contributed by atoms with E-state index in [-0.39, 0.29) is 11.9 Å². The van der Waals surface area contributed by atoms with E-state index in [1.165, 1.54) is 6.20 Å². The number of carbonyl (C=O) groups excluding carboxylic acids is 1. The lowest BCUT2D eigenvalue weighted by molar-refractivity contribution is 0.102. The Morgan fingerprint density at radius 3 is 2.67 bits per heavy atom. The topological polar surface area (TPSA) is 63.2 Å². The zero-order chi connectivity index (χ0) is 16.9. The number of carbonyl (C=O) groups is 1. The molecule has 2 unspecified atom stereocenters. The summed E-state index contributed by atoms with van der Waals surface area (Å²) in [5.74, 6) is 0.261. The lowest BCUT2D eigenvalue weighted by atomic mass is 9.96. The van der Waals surface area contributed by atoms with E-state index < -0.39 is 6.17 Å². The number of hydrogen-bond donors (Lipinski definition) is 2. The zero-order valence-electron chi connectivity index (χ0n) is 13.5. The fourth-order valence-corrected chi connectivity index (χ4v) is 2.50. The number of halogens is 1. The molecule has 126 valence electrons. The van der Waals surface area contributed by atoms with Crippen molar-refractivity contribution in [2.75, 3.05) is 18.5 Å². The Balaban J connectivity index is 1.57. The number of nitrogens with one attached hydrogen (secondary N) is 2. The SMILES string of the molecule is CCOc1ccc(C(=O)Nc2ccc(CC3NCC3F)cc2)cn1. The summed E-state index contributed by atoms with van der Waals surface area (Å²) in [6.07, 6.45) is 1.37. The van der Waals surface area contributed by atoms with Crippen LogP contribution >= 0.6 is 0 Å². The first kappa shape index (κ1) is 16.4. The van der Waals surface area contributed by atoms with Gasteiger partial charge in [0.25, 0.3) is 5.91 Å². The van der Waals surface area contributed by atoms with Crippen molar-refractivity contribution in [2.24, 2.45) is 0 Å². The van der Waals surface area contributed by atoms with Crippen LogP contribution in [-0.4, -0.2) is 36.3 Å². The highest BCUT2D eigenvalue weighted by atomic mass is 19.1. The molecule has 2 aromatic rings. The molecular formula is C18H20FN3O2. The maximum absolute atomic E-state index is 13.2. The highest BCUT2D eigenvalue weighted by Gasteiger charge is 2.29. The van der Waals surface area contributed by atoms with Crippen molar-refractivity contribution in [3.63, 3.8) is 0 Å². The van der Waals surface area contributed by atoms with Crippen LogP contribution in [-0.2, 0) is 6.42 Å². The number of anilines is 1. The molecule has 3 rings (SSSR count). The van der Waals surface area contributed by atoms with E-state index in [1.807, 2.05) is 31.2 Å². The molecule has 0 saturated carbocycles. The van der Waals surface area contributed by atoms with Gasteiger partial charge in [-0.1, -0.05) is 12.1 Å². The molecule has 2 N–H and O–H groups in total. The van der Waals surface area contributed by atoms with Crippen molar-refractivity contribution in [3.8, 4) is 5.88 Å². The van der Waals surface area contributed by atoms with Crippen molar-refractivity contribution in [1.29, 1.82) is 0 Å². The van der Waals surface area contributed by atoms with Gasteiger partial charge in [0.2, 0.25) is 5.88 Å². The number of aromatic nitrogens is 1. The van der Waals surface area contributed by atoms with Gasteiger partial charge in [0.05, 0.1) is 12.2 Å². The lowest BCUT2D eigenvalue weighted by Gasteiger charge is -2.32. The molecule has 0 aliphatic carbocycles. The maximum atomic E-state index is 13.2. The Hall–Kier alpha value is -2.47. The molecule has 0 bridgehead atoms. The summed E-state index contributed by atoms with van der Waals surface area (Å²) in [4.78, 5) is 16.3. The van der Waals surface area contributed by atoms with Crippen LogP contribution < -0.4 is 15.4 Å². The second-order valence-corrected chi connectivity index (χ2v) is 5.70. The van der Waals surface area contributed by atoms with Crippen LogP contribution in [0.25, 0.3) is 0 Å². The highest BCUT2D eigenvalue weighted by Crippen LogP contribution is 2.17. The van der Waals surface area contributed by atoms with Gasteiger partial charge in [-0.2, -0.15) is 0 Å². The van der Waals surface area contributed by atoms with Gasteiger partial charge >= 0.3 is 0 Å². The summed E-state index contributed by atoms with van der Waals surface area (Å²) >= 11 is 0. The first-order valence-electron chi connectivity index (χ1n) is 8.02. The maximum Gasteiger partial charge on any atom is 0.257 e. The Morgan fingerprint density at radius 1 is 1.33 bits per heavy atom. The summed E-state index contributed by atoms with van der Waals surface area (Å²) < 4.78 is 18.5. The molecule has 5 nitrogen and oxygen atoms in total. The van der Waals surface area contributed by atoms with E-state index in [9.17, 15) is 9.18 Å². The van der Waals surface area contributed by atoms with Crippen molar-refractivity contribution in [1.82, 2.24) is 10.3 Å². The standard InChI is InChI=1S/C18H20FN3O2/c1-2-24-17-8-5-13(10-21-17)18(23)22-14-6-3-12(4-7-14)9-16-15(19)11-20-16/h3-8,10,15-16,20H,2,9,11H2,1H3,(H,22,23). The smallest absolute Gasteiger partial charge is 0.257 e. The molecule has 2 heterocycles. The van der Waals surface area contributed by atoms with Gasteiger partial charge in [0.15, 0.2) is 0 Å². The minimum absolute atomic E-state index is 0.0969. The molecular weight excluding hydrogens is 309 g/mol. The van der Waals surface area contributed by atoms with E-state index in [2.05, 4.69) is 15.6 Å². The van der Waals surface area contributed by atoms with Crippen LogP contribution in [0.4, 0.5) is 10.1 Å². The average molecular weight is 329 g/mol. The van der Waals surface area contributed by atoms with Crippen molar-refractivity contribution in [3.05, 3.63) is 53.7 Å². The minimum Gasteiger partial charge on any atom is -0.478 e. The van der Waals surface area contributed by atoms with Crippen LogP contribution in [0.1, 0.15) is 22.8 Å². The van der Waals surface area contributed by atoms with Crippen LogP contribution in [0, 0.1) is 0 Å². The van der Waals surface area contributed by atoms with Gasteiger partial charge in [0.1, 0.15) is 6.17 Å². The van der Waals surface area contributed by atoms with Gasteiger partial charge < -0.3 is 15.4 Å². The number of pyridine rings is 1. The second kappa shape index (κ2) is 7.40. The quantitative estimate of drug-likeness (QED) is 0.855. The molecule has 1 saturated heterocycles. The van der Waals surface area contributed by atoms with Crippen LogP contribution in [0.2, 0.25) is 0 Å². The monoisotopic (exact) mass is 329 g/mol. The molecule has 1 aromatic carbocycles. The number of benzene rings is 1. The summed E-state index contributed by atoms with van der Waals surface area (Å²) in [5.41, 5.74) is 2.19. The van der Waals surface area contributed by atoms with Gasteiger partial charge in [-0.05, 0) is 37.1 Å². The van der Waals surface area contributed by atoms with E-state index >= 15 is 0 Å². The average Bonchev–Trinajstić information content (AvgIpc) is 2.60. The van der Waals surface area contributed by atoms with Gasteiger partial charge in [0, 0.05) is 30.5 Å². The third-order valence-electron chi connectivity index (χ3n) is 3.97. The number of alkyl halides is 1. The summed E-state index contributed by atoms with van der Waals surface area (Å²) in [6.45, 7) is 2.85. The fourth-order valence-electron chi connectivity index (χ4n) is 2.50. The van der Waals surface area contributed by atoms with Crippen LogP contribution in [0.5, 0.6) is 5.88 Å². The van der Waals surface area contributed by atoms with Crippen LogP contribution in [0.3, 0.4) is 0 Å². The molecule has 1 fully saturated rings. The summed E-state index contributed by atoms with van der Waals surface area (Å²) in [7, 11) is 0. The molecule has 6 heteroatoms. The van der Waals surface area contributed by atoms with Gasteiger partial charge in [-0.15, -0.1) is 0 Å². The Kier molecular flexibility index (Phi) is 5.05. The van der Waals surface area contributed by atoms with E-state index in [4.69, 9.17) is 4.74 Å². The molecule has 24 heavy (non-hydrogen) atoms. The predicted octanol–water partition coefficient (Wildman–Crippen LogP) is 2.59. The molecule has 2 atom stereocenters. The zero-order valence-corrected chi connectivity index (χ0v) is 13.5. The lowest BCUT2D eigenvalue weighted by Crippen LogP contribution is -2.55. The Labute approximate surface area is 140 Å². The Morgan fingerprint density at radius 2 is 2.12 bits per heavy atom. The first-order chi connectivity index (χ1) is 11.7. The molecule has 0 radical (unpaired) electrons. The molecule has 1 aliphatic rings. The number of rotatable bonds is 6. The van der Waals surface area contributed by atoms with Crippen molar-refractivity contribution in [2.45, 2.75) is 25.6 Å². The largest absolute Gasteiger partial charge is 0.478 e. The Bertz CT molecular complexity index is 688. The third-order valence-corrected chi connectivity index (χ3v) is 3.97. The molecule has 1 amide bonds. The van der Waals surface area contributed by atoms with Gasteiger partial charge in [-0.25, -0.2) is 9.37 Å². The van der Waals surface area contributed by atoms with E-state index in [0.29, 0.717) is 36.7 Å². The summed E-state index contributed by atoms with van der Waals surface area (Å²) in [6, 6.07) is 10.7.